The number of hydrogen-bond donors (Lipinski definition) is 3. The first-order valence-corrected chi connectivity index (χ1v) is 5.55. The van der Waals surface area contributed by atoms with Gasteiger partial charge in [-0.1, -0.05) is 0 Å². The van der Waals surface area contributed by atoms with Gasteiger partial charge in [0.15, 0.2) is 0 Å². The van der Waals surface area contributed by atoms with Crippen molar-refractivity contribution in [3.8, 4) is 0 Å². The summed E-state index contributed by atoms with van der Waals surface area (Å²) in [7, 11) is 1.51. The number of benzene rings is 1. The number of nitrogens with one attached hydrogen (secondary N) is 1. The molecule has 0 fully saturated rings. The SMILES string of the molecule is CC(O)CN(C)C(=O)c1ccc(NN)c([N+](=O)[O-])c1. The Morgan fingerprint density at radius 3 is 2.74 bits per heavy atom. The van der Waals surface area contributed by atoms with E-state index in [1.54, 1.807) is 6.92 Å². The van der Waals surface area contributed by atoms with Crippen molar-refractivity contribution in [3.63, 3.8) is 0 Å². The maximum Gasteiger partial charge on any atom is 0.294 e. The first kappa shape index (κ1) is 14.9. The molecule has 0 heterocycles. The average Bonchev–Trinajstić information content (AvgIpc) is 2.36. The Bertz CT molecular complexity index is 490. The number of carbonyl (C=O) groups excluding carboxylic acids is 1. The van der Waals surface area contributed by atoms with Crippen molar-refractivity contribution < 1.29 is 14.8 Å². The molecule has 8 nitrogen and oxygen atoms in total. The first-order chi connectivity index (χ1) is 8.86. The molecular weight excluding hydrogens is 252 g/mol. The number of nitrogens with zero attached hydrogens (tertiary/aromatic N) is 2. The van der Waals surface area contributed by atoms with E-state index in [0.717, 1.165) is 6.07 Å². The van der Waals surface area contributed by atoms with Crippen LogP contribution in [-0.4, -0.2) is 40.5 Å². The van der Waals surface area contributed by atoms with Crippen molar-refractivity contribution in [1.29, 1.82) is 0 Å². The van der Waals surface area contributed by atoms with E-state index in [4.69, 9.17) is 5.84 Å². The van der Waals surface area contributed by atoms with Gasteiger partial charge in [0.25, 0.3) is 11.6 Å². The van der Waals surface area contributed by atoms with Crippen molar-refractivity contribution >= 4 is 17.3 Å². The fraction of sp³-hybridized carbons (Fsp3) is 0.364. The molecule has 0 radical (unpaired) electrons. The summed E-state index contributed by atoms with van der Waals surface area (Å²) in [4.78, 5) is 23.5. The Hall–Kier alpha value is -2.19. The lowest BCUT2D eigenvalue weighted by atomic mass is 10.1. The summed E-state index contributed by atoms with van der Waals surface area (Å²) in [6.45, 7) is 1.69. The molecule has 1 unspecified atom stereocenters. The highest BCUT2D eigenvalue weighted by molar-refractivity contribution is 5.95. The van der Waals surface area contributed by atoms with Gasteiger partial charge in [0.05, 0.1) is 11.0 Å². The van der Waals surface area contributed by atoms with Crippen LogP contribution in [0.3, 0.4) is 0 Å². The number of nitro benzene ring substituents is 1. The number of carbonyl (C=O) groups is 1. The maximum atomic E-state index is 12.0. The van der Waals surface area contributed by atoms with Gasteiger partial charge in [-0.25, -0.2) is 0 Å². The van der Waals surface area contributed by atoms with Gasteiger partial charge >= 0.3 is 0 Å². The summed E-state index contributed by atoms with van der Waals surface area (Å²) in [5.41, 5.74) is 2.20. The molecule has 4 N–H and O–H groups in total. The van der Waals surface area contributed by atoms with Crippen LogP contribution in [0.25, 0.3) is 0 Å². The van der Waals surface area contributed by atoms with Crippen LogP contribution in [0.5, 0.6) is 0 Å². The first-order valence-electron chi connectivity index (χ1n) is 5.55. The van der Waals surface area contributed by atoms with E-state index in [1.165, 1.54) is 24.1 Å². The number of anilines is 1. The minimum atomic E-state index is -0.672. The maximum absolute atomic E-state index is 12.0. The van der Waals surface area contributed by atoms with E-state index in [-0.39, 0.29) is 23.5 Å². The van der Waals surface area contributed by atoms with E-state index in [2.05, 4.69) is 5.43 Å². The summed E-state index contributed by atoms with van der Waals surface area (Å²) >= 11 is 0. The molecule has 0 saturated carbocycles. The van der Waals surface area contributed by atoms with Gasteiger partial charge in [-0.05, 0) is 19.1 Å². The number of aliphatic hydroxyl groups excluding tert-OH is 1. The standard InChI is InChI=1S/C11H16N4O4/c1-7(16)6-14(2)11(17)8-3-4-9(13-12)10(5-8)15(18)19/h3-5,7,13,16H,6,12H2,1-2H3. The summed E-state index contributed by atoms with van der Waals surface area (Å²) in [6.07, 6.45) is -0.672. The number of nitro groups is 1. The predicted octanol–water partition coefficient (Wildman–Crippen LogP) is 0.333. The molecule has 0 aliphatic rings. The van der Waals surface area contributed by atoms with Gasteiger partial charge < -0.3 is 15.4 Å². The summed E-state index contributed by atoms with van der Waals surface area (Å²) in [5.74, 6) is 4.75. The molecule has 0 aliphatic heterocycles. The second-order valence-corrected chi connectivity index (χ2v) is 4.17. The number of hydrogen-bond acceptors (Lipinski definition) is 6. The molecule has 8 heteroatoms. The highest BCUT2D eigenvalue weighted by atomic mass is 16.6. The average molecular weight is 268 g/mol. The summed E-state index contributed by atoms with van der Waals surface area (Å²) < 4.78 is 0. The number of aliphatic hydroxyl groups is 1. The van der Waals surface area contributed by atoms with Gasteiger partial charge in [-0.15, -0.1) is 0 Å². The summed E-state index contributed by atoms with van der Waals surface area (Å²) in [5, 5.41) is 20.1. The molecule has 0 bridgehead atoms. The smallest absolute Gasteiger partial charge is 0.294 e. The van der Waals surface area contributed by atoms with E-state index in [1.807, 2.05) is 0 Å². The van der Waals surface area contributed by atoms with Gasteiger partial charge in [-0.3, -0.25) is 20.8 Å². The minimum absolute atomic E-state index is 0.125. The Labute approximate surface area is 109 Å². The Morgan fingerprint density at radius 1 is 1.63 bits per heavy atom. The zero-order valence-corrected chi connectivity index (χ0v) is 10.7. The van der Waals surface area contributed by atoms with Crippen LogP contribution < -0.4 is 11.3 Å². The number of likely N-dealkylation sites (N-methyl/N-ethyl adjacent to an activating group) is 1. The van der Waals surface area contributed by atoms with E-state index in [0.29, 0.717) is 0 Å². The third-order valence-electron chi connectivity index (χ3n) is 2.48. The molecular formula is C11H16N4O4. The zero-order chi connectivity index (χ0) is 14.6. The largest absolute Gasteiger partial charge is 0.392 e. The van der Waals surface area contributed by atoms with Crippen LogP contribution in [-0.2, 0) is 0 Å². The molecule has 104 valence electrons. The molecule has 1 aromatic carbocycles. The van der Waals surface area contributed by atoms with Crippen molar-refractivity contribution in [2.24, 2.45) is 5.84 Å². The van der Waals surface area contributed by atoms with E-state index >= 15 is 0 Å². The number of nitrogens with two attached hydrogens (primary N) is 1. The molecule has 0 spiro atoms. The van der Waals surface area contributed by atoms with Crippen molar-refractivity contribution in [2.75, 3.05) is 19.0 Å². The number of amides is 1. The number of nitrogen functional groups attached to an aromatic ring is 1. The highest BCUT2D eigenvalue weighted by Crippen LogP contribution is 2.25. The van der Waals surface area contributed by atoms with Crippen LogP contribution in [0, 0.1) is 10.1 Å². The monoisotopic (exact) mass is 268 g/mol. The topological polar surface area (TPSA) is 122 Å². The second-order valence-electron chi connectivity index (χ2n) is 4.17. The van der Waals surface area contributed by atoms with Gasteiger partial charge in [-0.2, -0.15) is 0 Å². The Kier molecular flexibility index (Phi) is 4.79. The van der Waals surface area contributed by atoms with Crippen LogP contribution in [0.2, 0.25) is 0 Å². The van der Waals surface area contributed by atoms with Crippen LogP contribution in [0.1, 0.15) is 17.3 Å². The molecule has 0 saturated heterocycles. The quantitative estimate of drug-likeness (QED) is 0.402. The third kappa shape index (κ3) is 3.63. The van der Waals surface area contributed by atoms with Gasteiger partial charge in [0.1, 0.15) is 5.69 Å². The molecule has 1 aromatic rings. The van der Waals surface area contributed by atoms with Crippen LogP contribution in [0.15, 0.2) is 18.2 Å². The highest BCUT2D eigenvalue weighted by Gasteiger charge is 2.19. The van der Waals surface area contributed by atoms with Gasteiger partial charge in [0, 0.05) is 25.2 Å². The Balaban J connectivity index is 3.05. The minimum Gasteiger partial charge on any atom is -0.392 e. The molecule has 1 rings (SSSR count). The fourth-order valence-corrected chi connectivity index (χ4v) is 1.64. The van der Waals surface area contributed by atoms with Crippen molar-refractivity contribution in [1.82, 2.24) is 4.90 Å². The van der Waals surface area contributed by atoms with Gasteiger partial charge in [0.2, 0.25) is 0 Å². The van der Waals surface area contributed by atoms with E-state index < -0.39 is 16.9 Å². The fourth-order valence-electron chi connectivity index (χ4n) is 1.64. The molecule has 1 amide bonds. The van der Waals surface area contributed by atoms with Crippen LogP contribution >= 0.6 is 0 Å². The molecule has 0 aromatic heterocycles. The van der Waals surface area contributed by atoms with Crippen molar-refractivity contribution in [2.45, 2.75) is 13.0 Å². The predicted molar refractivity (Wildman–Crippen MR) is 69.5 cm³/mol. The lowest BCUT2D eigenvalue weighted by molar-refractivity contribution is -0.384. The van der Waals surface area contributed by atoms with E-state index in [9.17, 15) is 20.0 Å². The normalized spacial score (nSPS) is 11.8. The lowest BCUT2D eigenvalue weighted by Gasteiger charge is -2.18. The molecule has 0 aliphatic carbocycles. The van der Waals surface area contributed by atoms with Crippen molar-refractivity contribution in [3.05, 3.63) is 33.9 Å². The number of rotatable bonds is 5. The summed E-state index contributed by atoms with van der Waals surface area (Å²) in [6, 6.07) is 3.95. The second kappa shape index (κ2) is 6.12. The molecule has 19 heavy (non-hydrogen) atoms. The van der Waals surface area contributed by atoms with Crippen LogP contribution in [0.4, 0.5) is 11.4 Å². The Morgan fingerprint density at radius 2 is 2.26 bits per heavy atom. The zero-order valence-electron chi connectivity index (χ0n) is 10.7. The lowest BCUT2D eigenvalue weighted by Crippen LogP contribution is -2.33. The number of hydrazine groups is 1. The third-order valence-corrected chi connectivity index (χ3v) is 2.48. The molecule has 1 atom stereocenters.